The van der Waals surface area contributed by atoms with Gasteiger partial charge in [0.2, 0.25) is 5.91 Å². The van der Waals surface area contributed by atoms with E-state index in [1.165, 1.54) is 18.5 Å². The lowest BCUT2D eigenvalue weighted by molar-refractivity contribution is -0.121. The van der Waals surface area contributed by atoms with Crippen molar-refractivity contribution in [3.8, 4) is 0 Å². The summed E-state index contributed by atoms with van der Waals surface area (Å²) in [4.78, 5) is 17.5. The molecule has 2 saturated heterocycles. The summed E-state index contributed by atoms with van der Waals surface area (Å²) >= 11 is 6.30. The molecule has 0 unspecified atom stereocenters. The Bertz CT molecular complexity index is 802. The number of hydrogen-bond acceptors (Lipinski definition) is 3. The van der Waals surface area contributed by atoms with Crippen molar-refractivity contribution in [1.82, 2.24) is 4.90 Å². The van der Waals surface area contributed by atoms with Crippen molar-refractivity contribution in [3.63, 3.8) is 0 Å². The zero-order valence-electron chi connectivity index (χ0n) is 16.2. The predicted octanol–water partition coefficient (Wildman–Crippen LogP) is 4.79. The van der Waals surface area contributed by atoms with Gasteiger partial charge in [-0.3, -0.25) is 9.69 Å². The van der Waals surface area contributed by atoms with E-state index in [9.17, 15) is 4.79 Å². The quantitative estimate of drug-likeness (QED) is 0.787. The van der Waals surface area contributed by atoms with Gasteiger partial charge in [-0.15, -0.1) is 0 Å². The van der Waals surface area contributed by atoms with Gasteiger partial charge in [0.1, 0.15) is 0 Å². The van der Waals surface area contributed by atoms with E-state index < -0.39 is 0 Å². The lowest BCUT2D eigenvalue weighted by Crippen LogP contribution is -2.40. The molecule has 28 heavy (non-hydrogen) atoms. The van der Waals surface area contributed by atoms with Crippen LogP contribution in [0.3, 0.4) is 0 Å². The van der Waals surface area contributed by atoms with E-state index in [4.69, 9.17) is 11.6 Å². The Balaban J connectivity index is 1.33. The zero-order chi connectivity index (χ0) is 19.3. The monoisotopic (exact) mass is 397 g/mol. The van der Waals surface area contributed by atoms with Crippen LogP contribution in [0.15, 0.2) is 48.5 Å². The van der Waals surface area contributed by atoms with E-state index in [1.807, 2.05) is 30.3 Å². The van der Waals surface area contributed by atoms with E-state index in [0.29, 0.717) is 0 Å². The van der Waals surface area contributed by atoms with Gasteiger partial charge in [-0.05, 0) is 68.1 Å². The van der Waals surface area contributed by atoms with Gasteiger partial charge in [0.05, 0.1) is 5.92 Å². The number of nitrogens with zero attached hydrogens (tertiary/aromatic N) is 2. The molecule has 0 saturated carbocycles. The van der Waals surface area contributed by atoms with E-state index in [-0.39, 0.29) is 11.8 Å². The van der Waals surface area contributed by atoms with Crippen molar-refractivity contribution in [2.45, 2.75) is 32.2 Å². The first-order valence-corrected chi connectivity index (χ1v) is 10.7. The molecule has 0 aliphatic carbocycles. The fourth-order valence-electron chi connectivity index (χ4n) is 4.26. The minimum Gasteiger partial charge on any atom is -0.372 e. The van der Waals surface area contributed by atoms with Gasteiger partial charge in [0.15, 0.2) is 0 Å². The summed E-state index contributed by atoms with van der Waals surface area (Å²) in [7, 11) is 0. The molecular weight excluding hydrogens is 370 g/mol. The Labute approximate surface area is 172 Å². The summed E-state index contributed by atoms with van der Waals surface area (Å²) < 4.78 is 0. The van der Waals surface area contributed by atoms with Crippen LogP contribution in [0.1, 0.15) is 31.2 Å². The molecule has 2 aliphatic heterocycles. The van der Waals surface area contributed by atoms with Crippen LogP contribution in [-0.2, 0) is 11.3 Å². The van der Waals surface area contributed by atoms with Crippen molar-refractivity contribution in [2.75, 3.05) is 36.4 Å². The maximum absolute atomic E-state index is 12.8. The standard InChI is InChI=1S/C23H28ClN3O/c24-22-8-2-1-6-18(22)16-26-13-5-7-19(17-26)23(28)25-20-9-11-21(12-10-20)27-14-3-4-15-27/h1-2,6,8-12,19H,3-5,7,13-17H2,(H,25,28)/t19-/m1/s1. The number of hydrogen-bond donors (Lipinski definition) is 1. The molecule has 2 heterocycles. The summed E-state index contributed by atoms with van der Waals surface area (Å²) in [5.41, 5.74) is 3.26. The SMILES string of the molecule is O=C(Nc1ccc(N2CCCC2)cc1)[C@@H]1CCCN(Cc2ccccc2Cl)C1. The number of benzene rings is 2. The molecule has 1 atom stereocenters. The normalized spacial score (nSPS) is 20.3. The maximum Gasteiger partial charge on any atom is 0.228 e. The Kier molecular flexibility index (Phi) is 6.18. The van der Waals surface area contributed by atoms with E-state index in [1.54, 1.807) is 0 Å². The van der Waals surface area contributed by atoms with Crippen LogP contribution in [0.4, 0.5) is 11.4 Å². The zero-order valence-corrected chi connectivity index (χ0v) is 17.0. The molecule has 2 fully saturated rings. The maximum atomic E-state index is 12.8. The van der Waals surface area contributed by atoms with Gasteiger partial charge in [0.25, 0.3) is 0 Å². The molecule has 0 spiro atoms. The Morgan fingerprint density at radius 3 is 2.50 bits per heavy atom. The molecule has 1 amide bonds. The number of halogens is 1. The summed E-state index contributed by atoms with van der Waals surface area (Å²) in [6, 6.07) is 16.2. The van der Waals surface area contributed by atoms with Gasteiger partial charge in [-0.1, -0.05) is 29.8 Å². The third-order valence-electron chi connectivity index (χ3n) is 5.83. The number of likely N-dealkylation sites (tertiary alicyclic amines) is 1. The first-order valence-electron chi connectivity index (χ1n) is 10.3. The summed E-state index contributed by atoms with van der Waals surface area (Å²) in [5, 5.41) is 3.91. The van der Waals surface area contributed by atoms with Crippen LogP contribution < -0.4 is 10.2 Å². The second-order valence-electron chi connectivity index (χ2n) is 7.90. The first kappa shape index (κ1) is 19.3. The third-order valence-corrected chi connectivity index (χ3v) is 6.20. The number of anilines is 2. The van der Waals surface area contributed by atoms with Crippen LogP contribution in [0.25, 0.3) is 0 Å². The molecule has 0 radical (unpaired) electrons. The summed E-state index contributed by atoms with van der Waals surface area (Å²) in [6.45, 7) is 4.86. The fourth-order valence-corrected chi connectivity index (χ4v) is 4.45. The number of rotatable bonds is 5. The van der Waals surface area contributed by atoms with Gasteiger partial charge in [-0.25, -0.2) is 0 Å². The number of piperidine rings is 1. The highest BCUT2D eigenvalue weighted by Gasteiger charge is 2.26. The van der Waals surface area contributed by atoms with Gasteiger partial charge in [0, 0.05) is 42.6 Å². The predicted molar refractivity (Wildman–Crippen MR) is 116 cm³/mol. The van der Waals surface area contributed by atoms with E-state index in [2.05, 4.69) is 33.3 Å². The van der Waals surface area contributed by atoms with Crippen molar-refractivity contribution in [1.29, 1.82) is 0 Å². The highest BCUT2D eigenvalue weighted by molar-refractivity contribution is 6.31. The third kappa shape index (κ3) is 4.68. The Morgan fingerprint density at radius 1 is 1.00 bits per heavy atom. The minimum absolute atomic E-state index is 0.0227. The number of carbonyl (C=O) groups is 1. The average molecular weight is 398 g/mol. The smallest absolute Gasteiger partial charge is 0.228 e. The van der Waals surface area contributed by atoms with Gasteiger partial charge >= 0.3 is 0 Å². The second kappa shape index (κ2) is 8.97. The first-order chi connectivity index (χ1) is 13.7. The van der Waals surface area contributed by atoms with Gasteiger partial charge < -0.3 is 10.2 Å². The van der Waals surface area contributed by atoms with Crippen molar-refractivity contribution >= 4 is 28.9 Å². The average Bonchev–Trinajstić information content (AvgIpc) is 3.25. The van der Waals surface area contributed by atoms with Crippen LogP contribution in [0, 0.1) is 5.92 Å². The van der Waals surface area contributed by atoms with E-state index in [0.717, 1.165) is 61.8 Å². The largest absolute Gasteiger partial charge is 0.372 e. The number of carbonyl (C=O) groups excluding carboxylic acids is 1. The summed E-state index contributed by atoms with van der Waals surface area (Å²) in [5.74, 6) is 0.146. The Morgan fingerprint density at radius 2 is 1.75 bits per heavy atom. The highest BCUT2D eigenvalue weighted by atomic mass is 35.5. The fraction of sp³-hybridized carbons (Fsp3) is 0.435. The molecule has 4 rings (SSSR count). The molecular formula is C23H28ClN3O. The molecule has 4 nitrogen and oxygen atoms in total. The number of amides is 1. The van der Waals surface area contributed by atoms with Crippen molar-refractivity contribution < 1.29 is 4.79 Å². The molecule has 2 aromatic carbocycles. The van der Waals surface area contributed by atoms with Crippen molar-refractivity contribution in [3.05, 3.63) is 59.1 Å². The van der Waals surface area contributed by atoms with Crippen LogP contribution >= 0.6 is 11.6 Å². The van der Waals surface area contributed by atoms with Crippen molar-refractivity contribution in [2.24, 2.45) is 5.92 Å². The van der Waals surface area contributed by atoms with Crippen LogP contribution in [0.5, 0.6) is 0 Å². The highest BCUT2D eigenvalue weighted by Crippen LogP contribution is 2.25. The van der Waals surface area contributed by atoms with Crippen LogP contribution in [0.2, 0.25) is 5.02 Å². The number of nitrogens with one attached hydrogen (secondary N) is 1. The molecule has 5 heteroatoms. The van der Waals surface area contributed by atoms with E-state index >= 15 is 0 Å². The minimum atomic E-state index is 0.0227. The lowest BCUT2D eigenvalue weighted by Gasteiger charge is -2.32. The lowest BCUT2D eigenvalue weighted by atomic mass is 9.96. The summed E-state index contributed by atoms with van der Waals surface area (Å²) in [6.07, 6.45) is 4.52. The Hall–Kier alpha value is -2.04. The molecule has 2 aromatic rings. The molecule has 1 N–H and O–H groups in total. The second-order valence-corrected chi connectivity index (χ2v) is 8.30. The molecule has 0 bridgehead atoms. The molecule has 0 aromatic heterocycles. The van der Waals surface area contributed by atoms with Crippen LogP contribution in [-0.4, -0.2) is 37.0 Å². The van der Waals surface area contributed by atoms with Gasteiger partial charge in [-0.2, -0.15) is 0 Å². The topological polar surface area (TPSA) is 35.6 Å². The molecule has 148 valence electrons. The molecule has 2 aliphatic rings.